The molecule has 2 aromatic heterocycles. The third kappa shape index (κ3) is 3.71. The number of carbonyl (C=O) groups excluding carboxylic acids is 1. The average molecular weight is 507 g/mol. The van der Waals surface area contributed by atoms with Crippen LogP contribution in [0.4, 0.5) is 4.39 Å². The van der Waals surface area contributed by atoms with Crippen LogP contribution in [0.3, 0.4) is 0 Å². The van der Waals surface area contributed by atoms with Gasteiger partial charge < -0.3 is 0 Å². The number of hydrogen-bond acceptors (Lipinski definition) is 5. The minimum atomic E-state index is -0.667. The lowest BCUT2D eigenvalue weighted by atomic mass is 9.50. The minimum Gasteiger partial charge on any atom is -0.293 e. The molecule has 1 fully saturated rings. The van der Waals surface area contributed by atoms with Crippen LogP contribution in [0.2, 0.25) is 0 Å². The predicted octanol–water partition coefficient (Wildman–Crippen LogP) is 6.88. The second kappa shape index (κ2) is 8.94. The van der Waals surface area contributed by atoms with Gasteiger partial charge in [-0.05, 0) is 62.3 Å². The number of nitriles is 1. The molecule has 38 heavy (non-hydrogen) atoms. The molecule has 2 unspecified atom stereocenters. The first kappa shape index (κ1) is 24.6. The van der Waals surface area contributed by atoms with Crippen LogP contribution < -0.4 is 0 Å². The number of nitrogens with zero attached hydrogens (tertiary/aromatic N) is 4. The molecule has 3 atom stereocenters. The fourth-order valence-corrected chi connectivity index (χ4v) is 6.99. The summed E-state index contributed by atoms with van der Waals surface area (Å²) in [5.41, 5.74) is 3.47. The lowest BCUT2D eigenvalue weighted by Gasteiger charge is -2.51. The number of aromatic nitrogens is 3. The lowest BCUT2D eigenvalue weighted by molar-refractivity contribution is -0.130. The maximum Gasteiger partial charge on any atom is 0.179 e. The molecule has 5 nitrogen and oxygen atoms in total. The van der Waals surface area contributed by atoms with Gasteiger partial charge in [0.15, 0.2) is 11.6 Å². The highest BCUT2D eigenvalue weighted by Gasteiger charge is 2.56. The summed E-state index contributed by atoms with van der Waals surface area (Å²) in [6.07, 6.45) is 8.83. The van der Waals surface area contributed by atoms with Crippen molar-refractivity contribution in [3.63, 3.8) is 0 Å². The first-order valence-electron chi connectivity index (χ1n) is 13.6. The van der Waals surface area contributed by atoms with E-state index in [0.29, 0.717) is 35.8 Å². The molecule has 0 N–H and O–H groups in total. The second-order valence-corrected chi connectivity index (χ2v) is 11.5. The molecule has 6 heteroatoms. The molecule has 0 radical (unpaired) electrons. The van der Waals surface area contributed by atoms with Crippen molar-refractivity contribution in [3.8, 4) is 28.7 Å². The van der Waals surface area contributed by atoms with Gasteiger partial charge in [-0.2, -0.15) is 5.26 Å². The quantitative estimate of drug-likeness (QED) is 0.377. The fourth-order valence-electron chi connectivity index (χ4n) is 6.99. The number of carbonyl (C=O) groups is 1. The molecule has 3 aliphatic carbocycles. The van der Waals surface area contributed by atoms with E-state index >= 15 is 4.39 Å². The van der Waals surface area contributed by atoms with E-state index < -0.39 is 10.8 Å². The highest BCUT2D eigenvalue weighted by atomic mass is 19.1. The van der Waals surface area contributed by atoms with Crippen molar-refractivity contribution in [2.75, 3.05) is 0 Å². The van der Waals surface area contributed by atoms with Crippen LogP contribution in [0.5, 0.6) is 0 Å². The van der Waals surface area contributed by atoms with Crippen LogP contribution in [-0.4, -0.2) is 20.7 Å². The van der Waals surface area contributed by atoms with Crippen LogP contribution >= 0.6 is 0 Å². The summed E-state index contributed by atoms with van der Waals surface area (Å²) < 4.78 is 15.2. The van der Waals surface area contributed by atoms with E-state index in [4.69, 9.17) is 9.97 Å². The summed E-state index contributed by atoms with van der Waals surface area (Å²) in [7, 11) is 0. The van der Waals surface area contributed by atoms with Crippen LogP contribution in [0.25, 0.3) is 22.6 Å². The van der Waals surface area contributed by atoms with Crippen molar-refractivity contribution in [3.05, 3.63) is 77.0 Å². The Morgan fingerprint density at radius 3 is 2.63 bits per heavy atom. The zero-order valence-corrected chi connectivity index (χ0v) is 22.1. The molecule has 0 spiro atoms. The Kier molecular flexibility index (Phi) is 5.79. The van der Waals surface area contributed by atoms with Gasteiger partial charge in [-0.15, -0.1) is 0 Å². The van der Waals surface area contributed by atoms with E-state index in [1.807, 2.05) is 25.1 Å². The van der Waals surface area contributed by atoms with Gasteiger partial charge in [0.05, 0.1) is 17.0 Å². The molecule has 0 amide bonds. The number of rotatable bonds is 5. The highest BCUT2D eigenvalue weighted by molar-refractivity contribution is 6.04. The Hall–Kier alpha value is -3.72. The molecule has 0 saturated heterocycles. The Labute approximate surface area is 222 Å². The summed E-state index contributed by atoms with van der Waals surface area (Å²) >= 11 is 0. The number of fused-ring (bicyclic) bond motifs is 3. The lowest BCUT2D eigenvalue weighted by Crippen LogP contribution is -2.53. The number of Topliss-reactive ketones (excluding diaryl/α,β-unsaturated/α-hetero) is 1. The van der Waals surface area contributed by atoms with Crippen molar-refractivity contribution < 1.29 is 9.18 Å². The molecule has 3 aromatic rings. The zero-order valence-electron chi connectivity index (χ0n) is 22.1. The smallest absolute Gasteiger partial charge is 0.179 e. The SMILES string of the molecule is CCCC1(C)C(=O)C(C#N)=C[C@@]2(C)c3nc(-c4ccnc(C5CC5)c4)nc(-c4ccccc4F)c3CCC12. The zero-order chi connectivity index (χ0) is 26.7. The first-order chi connectivity index (χ1) is 18.3. The van der Waals surface area contributed by atoms with Crippen LogP contribution in [0, 0.1) is 28.5 Å². The summed E-state index contributed by atoms with van der Waals surface area (Å²) in [6, 6.07) is 12.9. The number of ketones is 1. The number of halogens is 1. The normalized spacial score (nSPS) is 26.2. The maximum atomic E-state index is 15.2. The van der Waals surface area contributed by atoms with Crippen molar-refractivity contribution >= 4 is 5.78 Å². The minimum absolute atomic E-state index is 0.0252. The van der Waals surface area contributed by atoms with Crippen LogP contribution in [0.15, 0.2) is 54.2 Å². The van der Waals surface area contributed by atoms with Gasteiger partial charge >= 0.3 is 0 Å². The van der Waals surface area contributed by atoms with E-state index in [9.17, 15) is 10.1 Å². The number of benzene rings is 1. The van der Waals surface area contributed by atoms with Crippen molar-refractivity contribution in [1.29, 1.82) is 5.26 Å². The molecular weight excluding hydrogens is 475 g/mol. The average Bonchev–Trinajstić information content (AvgIpc) is 3.77. The van der Waals surface area contributed by atoms with Crippen LogP contribution in [0.1, 0.15) is 75.7 Å². The Morgan fingerprint density at radius 1 is 1.13 bits per heavy atom. The molecule has 6 rings (SSSR count). The second-order valence-electron chi connectivity index (χ2n) is 11.5. The van der Waals surface area contributed by atoms with E-state index in [2.05, 4.69) is 31.0 Å². The fraction of sp³-hybridized carbons (Fsp3) is 0.406. The van der Waals surface area contributed by atoms with Crippen LogP contribution in [-0.2, 0) is 16.6 Å². The van der Waals surface area contributed by atoms with Gasteiger partial charge in [-0.25, -0.2) is 14.4 Å². The van der Waals surface area contributed by atoms with Crippen molar-refractivity contribution in [1.82, 2.24) is 15.0 Å². The first-order valence-corrected chi connectivity index (χ1v) is 13.6. The third-order valence-corrected chi connectivity index (χ3v) is 8.95. The predicted molar refractivity (Wildman–Crippen MR) is 144 cm³/mol. The summed E-state index contributed by atoms with van der Waals surface area (Å²) in [5, 5.41) is 9.98. The largest absolute Gasteiger partial charge is 0.293 e. The molecule has 1 saturated carbocycles. The maximum absolute atomic E-state index is 15.2. The number of allylic oxidation sites excluding steroid dienone is 2. The van der Waals surface area contributed by atoms with E-state index in [-0.39, 0.29) is 23.1 Å². The van der Waals surface area contributed by atoms with Gasteiger partial charge in [0.25, 0.3) is 0 Å². The van der Waals surface area contributed by atoms with Crippen molar-refractivity contribution in [2.24, 2.45) is 11.3 Å². The highest BCUT2D eigenvalue weighted by Crippen LogP contribution is 2.57. The molecule has 3 aliphatic rings. The van der Waals surface area contributed by atoms with Gasteiger partial charge in [0.1, 0.15) is 11.9 Å². The number of pyridine rings is 1. The van der Waals surface area contributed by atoms with E-state index in [1.54, 1.807) is 18.3 Å². The van der Waals surface area contributed by atoms with E-state index in [0.717, 1.165) is 48.2 Å². The van der Waals surface area contributed by atoms with Gasteiger partial charge in [-0.3, -0.25) is 9.78 Å². The third-order valence-electron chi connectivity index (χ3n) is 8.95. The molecule has 1 aromatic carbocycles. The molecule has 2 heterocycles. The van der Waals surface area contributed by atoms with Gasteiger partial charge in [-0.1, -0.05) is 45.4 Å². The Morgan fingerprint density at radius 2 is 1.92 bits per heavy atom. The summed E-state index contributed by atoms with van der Waals surface area (Å²) in [4.78, 5) is 28.2. The van der Waals surface area contributed by atoms with E-state index in [1.165, 1.54) is 6.07 Å². The summed E-state index contributed by atoms with van der Waals surface area (Å²) in [5.74, 6) is 0.570. The monoisotopic (exact) mass is 506 g/mol. The Balaban J connectivity index is 1.63. The molecule has 0 bridgehead atoms. The Bertz CT molecular complexity index is 1530. The standard InChI is InChI=1S/C32H31FN4O/c1-4-14-31(2)26-12-11-23-27(22-7-5-6-8-24(22)33)36-30(20-13-15-35-25(16-20)19-9-10-19)37-28(23)32(26,3)17-21(18-34)29(31)38/h5-8,13,15-17,19,26H,4,9-12,14H2,1-3H3/t26?,31?,32-/m1/s1. The molecule has 192 valence electrons. The van der Waals surface area contributed by atoms with Gasteiger partial charge in [0, 0.05) is 45.3 Å². The van der Waals surface area contributed by atoms with Crippen molar-refractivity contribution in [2.45, 2.75) is 70.6 Å². The summed E-state index contributed by atoms with van der Waals surface area (Å²) in [6.45, 7) is 6.19. The molecule has 0 aliphatic heterocycles. The molecular formula is C32H31FN4O. The topological polar surface area (TPSA) is 79.5 Å². The number of hydrogen-bond donors (Lipinski definition) is 0. The van der Waals surface area contributed by atoms with Gasteiger partial charge in [0.2, 0.25) is 0 Å².